The first-order valence-electron chi connectivity index (χ1n) is 4.89. The van der Waals surface area contributed by atoms with Crippen molar-refractivity contribution in [2.45, 2.75) is 0 Å². The van der Waals surface area contributed by atoms with Crippen molar-refractivity contribution in [1.29, 1.82) is 0 Å². The summed E-state index contributed by atoms with van der Waals surface area (Å²) in [7, 11) is 1.67. The Morgan fingerprint density at radius 1 is 1.19 bits per heavy atom. The van der Waals surface area contributed by atoms with E-state index in [4.69, 9.17) is 4.74 Å². The summed E-state index contributed by atoms with van der Waals surface area (Å²) in [5, 5.41) is 2.30. The number of hydrogen-bond acceptors (Lipinski definition) is 2. The summed E-state index contributed by atoms with van der Waals surface area (Å²) >= 11 is 3.38. The molecule has 0 aliphatic carbocycles. The lowest BCUT2D eigenvalue weighted by molar-refractivity contribution is 0.415. The Morgan fingerprint density at radius 3 is 2.81 bits per heavy atom. The molecule has 4 heteroatoms. The van der Waals surface area contributed by atoms with Crippen LogP contribution in [0, 0.1) is 0 Å². The van der Waals surface area contributed by atoms with Gasteiger partial charge in [0.2, 0.25) is 0 Å². The van der Waals surface area contributed by atoms with Crippen LogP contribution in [0.4, 0.5) is 0 Å². The zero-order valence-electron chi connectivity index (χ0n) is 8.62. The van der Waals surface area contributed by atoms with Crippen LogP contribution >= 0.6 is 15.9 Å². The van der Waals surface area contributed by atoms with Crippen molar-refractivity contribution in [1.82, 2.24) is 9.97 Å². The number of halogens is 1. The maximum atomic E-state index is 5.23. The quantitative estimate of drug-likeness (QED) is 0.691. The first-order chi connectivity index (χ1) is 7.78. The Morgan fingerprint density at radius 2 is 2.00 bits per heavy atom. The number of nitrogens with zero attached hydrogens (tertiary/aromatic N) is 1. The molecule has 3 nitrogen and oxygen atoms in total. The van der Waals surface area contributed by atoms with Crippen molar-refractivity contribution in [3.05, 3.63) is 35.1 Å². The molecule has 0 amide bonds. The van der Waals surface area contributed by atoms with E-state index in [0.29, 0.717) is 0 Å². The van der Waals surface area contributed by atoms with Gasteiger partial charge in [0.15, 0.2) is 0 Å². The molecule has 1 aromatic carbocycles. The van der Waals surface area contributed by atoms with E-state index in [1.807, 2.05) is 30.5 Å². The first kappa shape index (κ1) is 9.66. The number of pyridine rings is 1. The van der Waals surface area contributed by atoms with Crippen molar-refractivity contribution < 1.29 is 4.74 Å². The second-order valence-corrected chi connectivity index (χ2v) is 4.40. The number of benzene rings is 1. The van der Waals surface area contributed by atoms with E-state index in [9.17, 15) is 0 Å². The highest BCUT2D eigenvalue weighted by molar-refractivity contribution is 9.10. The lowest BCUT2D eigenvalue weighted by atomic mass is 10.2. The Kier molecular flexibility index (Phi) is 2.11. The number of methoxy groups -OCH3 is 1. The van der Waals surface area contributed by atoms with E-state index in [2.05, 4.69) is 25.9 Å². The van der Waals surface area contributed by atoms with E-state index < -0.39 is 0 Å². The minimum Gasteiger partial charge on any atom is -0.497 e. The molecule has 0 atom stereocenters. The third kappa shape index (κ3) is 1.38. The lowest BCUT2D eigenvalue weighted by Crippen LogP contribution is -1.80. The summed E-state index contributed by atoms with van der Waals surface area (Å²) in [6.45, 7) is 0. The van der Waals surface area contributed by atoms with Crippen LogP contribution in [0.3, 0.4) is 0 Å². The fourth-order valence-corrected chi connectivity index (χ4v) is 2.21. The number of H-pyrrole nitrogens is 1. The topological polar surface area (TPSA) is 37.9 Å². The molecule has 0 saturated carbocycles. The maximum absolute atomic E-state index is 5.23. The van der Waals surface area contributed by atoms with Gasteiger partial charge in [0.1, 0.15) is 10.4 Å². The van der Waals surface area contributed by atoms with Gasteiger partial charge in [-0.15, -0.1) is 0 Å². The van der Waals surface area contributed by atoms with Crippen molar-refractivity contribution in [3.63, 3.8) is 0 Å². The molecule has 80 valence electrons. The van der Waals surface area contributed by atoms with Gasteiger partial charge in [-0.25, -0.2) is 4.98 Å². The van der Waals surface area contributed by atoms with Gasteiger partial charge in [0, 0.05) is 16.3 Å². The molecule has 0 saturated heterocycles. The van der Waals surface area contributed by atoms with Crippen LogP contribution in [0.2, 0.25) is 0 Å². The lowest BCUT2D eigenvalue weighted by Gasteiger charge is -1.98. The van der Waals surface area contributed by atoms with Gasteiger partial charge in [0.25, 0.3) is 0 Å². The first-order valence-corrected chi connectivity index (χ1v) is 5.68. The van der Waals surface area contributed by atoms with Gasteiger partial charge in [-0.2, -0.15) is 0 Å². The third-order valence-corrected chi connectivity index (χ3v) is 3.09. The van der Waals surface area contributed by atoms with Crippen molar-refractivity contribution in [2.75, 3.05) is 7.11 Å². The summed E-state index contributed by atoms with van der Waals surface area (Å²) in [5.41, 5.74) is 2.13. The summed E-state index contributed by atoms with van der Waals surface area (Å²) < 4.78 is 6.07. The number of nitrogens with one attached hydrogen (secondary N) is 1. The second kappa shape index (κ2) is 3.49. The molecule has 0 unspecified atom stereocenters. The molecule has 2 aromatic heterocycles. The second-order valence-electron chi connectivity index (χ2n) is 3.59. The summed E-state index contributed by atoms with van der Waals surface area (Å²) in [4.78, 5) is 7.52. The highest BCUT2D eigenvalue weighted by Gasteiger charge is 2.06. The van der Waals surface area contributed by atoms with Crippen molar-refractivity contribution in [2.24, 2.45) is 0 Å². The number of ether oxygens (including phenoxy) is 1. The van der Waals surface area contributed by atoms with E-state index in [0.717, 1.165) is 32.2 Å². The third-order valence-electron chi connectivity index (χ3n) is 2.66. The van der Waals surface area contributed by atoms with E-state index in [-0.39, 0.29) is 0 Å². The maximum Gasteiger partial charge on any atom is 0.119 e. The average molecular weight is 277 g/mol. The van der Waals surface area contributed by atoms with Crippen LogP contribution in [0.5, 0.6) is 5.75 Å². The van der Waals surface area contributed by atoms with Gasteiger partial charge >= 0.3 is 0 Å². The molecule has 16 heavy (non-hydrogen) atoms. The minimum atomic E-state index is 0.837. The Hall–Kier alpha value is -1.55. The van der Waals surface area contributed by atoms with E-state index in [1.165, 1.54) is 0 Å². The summed E-state index contributed by atoms with van der Waals surface area (Å²) in [6, 6.07) is 8.00. The smallest absolute Gasteiger partial charge is 0.119 e. The number of rotatable bonds is 1. The van der Waals surface area contributed by atoms with E-state index in [1.54, 1.807) is 7.11 Å². The Bertz CT molecular complexity index is 675. The number of fused-ring (bicyclic) bond motifs is 3. The number of aromatic amines is 1. The fraction of sp³-hybridized carbons (Fsp3) is 0.0833. The molecule has 0 fully saturated rings. The Labute approximate surface area is 101 Å². The molecule has 1 N–H and O–H groups in total. The zero-order chi connectivity index (χ0) is 11.1. The monoisotopic (exact) mass is 276 g/mol. The molecule has 0 spiro atoms. The normalized spacial score (nSPS) is 11.1. The Balaban J connectivity index is 2.44. The molecule has 0 aliphatic rings. The van der Waals surface area contributed by atoms with Crippen LogP contribution in [0.1, 0.15) is 0 Å². The van der Waals surface area contributed by atoms with Crippen LogP contribution in [0.15, 0.2) is 35.1 Å². The molecular weight excluding hydrogens is 268 g/mol. The highest BCUT2D eigenvalue weighted by Crippen LogP contribution is 2.29. The van der Waals surface area contributed by atoms with E-state index >= 15 is 0 Å². The minimum absolute atomic E-state index is 0.837. The molecule has 0 bridgehead atoms. The van der Waals surface area contributed by atoms with Crippen molar-refractivity contribution >= 4 is 37.7 Å². The van der Waals surface area contributed by atoms with Crippen LogP contribution in [-0.4, -0.2) is 17.1 Å². The predicted octanol–water partition coefficient (Wildman–Crippen LogP) is 3.49. The molecular formula is C12H9BrN2O. The van der Waals surface area contributed by atoms with Crippen LogP contribution < -0.4 is 4.74 Å². The fourth-order valence-electron chi connectivity index (χ4n) is 1.88. The zero-order valence-corrected chi connectivity index (χ0v) is 10.2. The van der Waals surface area contributed by atoms with Crippen LogP contribution in [0.25, 0.3) is 21.8 Å². The molecule has 2 heterocycles. The van der Waals surface area contributed by atoms with Gasteiger partial charge in [-0.05, 0) is 40.2 Å². The van der Waals surface area contributed by atoms with Gasteiger partial charge in [0.05, 0.1) is 18.8 Å². The average Bonchev–Trinajstić information content (AvgIpc) is 2.66. The van der Waals surface area contributed by atoms with Crippen molar-refractivity contribution in [3.8, 4) is 5.75 Å². The molecule has 3 aromatic rings. The molecule has 3 rings (SSSR count). The summed E-state index contributed by atoms with van der Waals surface area (Å²) in [5.74, 6) is 0.862. The SMILES string of the molecule is COc1ccc2[nH]c3cnc(Br)cc3c2c1. The van der Waals surface area contributed by atoms with Gasteiger partial charge in [-0.1, -0.05) is 0 Å². The largest absolute Gasteiger partial charge is 0.497 e. The number of hydrogen-bond donors (Lipinski definition) is 1. The molecule has 0 radical (unpaired) electrons. The predicted molar refractivity (Wildman–Crippen MR) is 67.9 cm³/mol. The highest BCUT2D eigenvalue weighted by atomic mass is 79.9. The standard InChI is InChI=1S/C12H9BrN2O/c1-16-7-2-3-10-8(4-7)9-5-12(13)14-6-11(9)15-10/h2-6,15H,1H3. The number of aromatic nitrogens is 2. The molecule has 0 aliphatic heterocycles. The van der Waals surface area contributed by atoms with Crippen LogP contribution in [-0.2, 0) is 0 Å². The summed E-state index contributed by atoms with van der Waals surface area (Å²) in [6.07, 6.45) is 1.83. The van der Waals surface area contributed by atoms with Gasteiger partial charge in [-0.3, -0.25) is 0 Å². The van der Waals surface area contributed by atoms with Gasteiger partial charge < -0.3 is 9.72 Å².